The average molecular weight is 410 g/mol. The van der Waals surface area contributed by atoms with Gasteiger partial charge in [-0.3, -0.25) is 4.90 Å². The van der Waals surface area contributed by atoms with Crippen molar-refractivity contribution >= 4 is 17.9 Å². The van der Waals surface area contributed by atoms with Gasteiger partial charge in [0.05, 0.1) is 6.26 Å². The van der Waals surface area contributed by atoms with Crippen LogP contribution in [0.25, 0.3) is 0 Å². The first-order valence-electron chi connectivity index (χ1n) is 9.92. The average Bonchev–Trinajstić information content (AvgIpc) is 3.45. The normalized spacial score (nSPS) is 26.4. The van der Waals surface area contributed by atoms with Gasteiger partial charge in [-0.2, -0.15) is 15.4 Å². The smallest absolute Gasteiger partial charge is 0.248 e. The quantitative estimate of drug-likeness (QED) is 0.686. The van der Waals surface area contributed by atoms with E-state index in [2.05, 4.69) is 20.3 Å². The molecule has 3 aliphatic rings. The van der Waals surface area contributed by atoms with Gasteiger partial charge in [0.15, 0.2) is 5.66 Å². The molecule has 3 aliphatic heterocycles. The van der Waals surface area contributed by atoms with Crippen molar-refractivity contribution in [2.45, 2.75) is 37.5 Å². The molecule has 5 N–H and O–H groups in total. The Morgan fingerprint density at radius 2 is 2.07 bits per heavy atom. The number of nitrogens with zero attached hydrogens (tertiary/aromatic N) is 5. The third-order valence-corrected chi connectivity index (χ3v) is 5.75. The van der Waals surface area contributed by atoms with Crippen LogP contribution >= 0.6 is 0 Å². The van der Waals surface area contributed by atoms with E-state index >= 15 is 0 Å². The van der Waals surface area contributed by atoms with Gasteiger partial charge >= 0.3 is 0 Å². The number of aliphatic imine (C=N–C) groups is 3. The van der Waals surface area contributed by atoms with E-state index in [0.717, 1.165) is 19.4 Å². The standard InChI is InChI=1S/C20H23FN8O/c21-15-7-2-1-5-13(15)12-28-9-3-6-14(28)11-20(16-8-4-10-30-16)26-19-25-17(22)24-18(23)29(19)27-20/h1-2,4-5,7-8,10,14,27H,3,6,9,11-12H2,(H4,22,23,24,25,26). The molecule has 0 amide bonds. The molecule has 156 valence electrons. The molecule has 2 atom stereocenters. The topological polar surface area (TPSA) is 121 Å². The number of nitrogens with one attached hydrogen (secondary N) is 1. The summed E-state index contributed by atoms with van der Waals surface area (Å²) >= 11 is 0. The molecule has 1 aromatic carbocycles. The fraction of sp³-hybridized carbons (Fsp3) is 0.350. The third kappa shape index (κ3) is 3.23. The molecule has 10 heteroatoms. The van der Waals surface area contributed by atoms with Gasteiger partial charge in [-0.25, -0.2) is 14.4 Å². The number of likely N-dealkylation sites (tertiary alicyclic amines) is 1. The minimum atomic E-state index is -0.907. The number of rotatable bonds is 5. The maximum Gasteiger partial charge on any atom is 0.248 e. The molecular weight excluding hydrogens is 387 g/mol. The first kappa shape index (κ1) is 18.8. The van der Waals surface area contributed by atoms with Crippen LogP contribution in [0.1, 0.15) is 30.6 Å². The molecule has 1 saturated heterocycles. The molecule has 0 saturated carbocycles. The number of furan rings is 1. The molecule has 0 radical (unpaired) electrons. The Bertz CT molecular complexity index is 1030. The van der Waals surface area contributed by atoms with Gasteiger partial charge in [0, 0.05) is 24.6 Å². The Balaban J connectivity index is 1.44. The molecule has 0 bridgehead atoms. The van der Waals surface area contributed by atoms with Gasteiger partial charge in [0.1, 0.15) is 11.6 Å². The highest BCUT2D eigenvalue weighted by molar-refractivity contribution is 6.11. The molecule has 30 heavy (non-hydrogen) atoms. The molecule has 5 rings (SSSR count). The Morgan fingerprint density at radius 1 is 1.20 bits per heavy atom. The lowest BCUT2D eigenvalue weighted by atomic mass is 9.96. The molecule has 1 aromatic heterocycles. The highest BCUT2D eigenvalue weighted by atomic mass is 19.1. The maximum absolute atomic E-state index is 14.2. The van der Waals surface area contributed by atoms with E-state index in [0.29, 0.717) is 30.2 Å². The van der Waals surface area contributed by atoms with E-state index in [1.54, 1.807) is 12.3 Å². The summed E-state index contributed by atoms with van der Waals surface area (Å²) in [4.78, 5) is 15.3. The van der Waals surface area contributed by atoms with Gasteiger partial charge in [0.25, 0.3) is 0 Å². The van der Waals surface area contributed by atoms with E-state index in [4.69, 9.17) is 20.9 Å². The summed E-state index contributed by atoms with van der Waals surface area (Å²) < 4.78 is 20.0. The Labute approximate surface area is 172 Å². The molecule has 2 aromatic rings. The summed E-state index contributed by atoms with van der Waals surface area (Å²) in [6, 6.07) is 10.7. The second kappa shape index (κ2) is 7.22. The van der Waals surface area contributed by atoms with Crippen molar-refractivity contribution in [2.24, 2.45) is 26.4 Å². The van der Waals surface area contributed by atoms with Gasteiger partial charge in [0.2, 0.25) is 17.9 Å². The van der Waals surface area contributed by atoms with E-state index in [1.165, 1.54) is 11.1 Å². The minimum Gasteiger partial charge on any atom is -0.465 e. The summed E-state index contributed by atoms with van der Waals surface area (Å²) in [7, 11) is 0. The Kier molecular flexibility index (Phi) is 4.52. The van der Waals surface area contributed by atoms with Crippen LogP contribution in [0.3, 0.4) is 0 Å². The molecular formula is C20H23FN8O. The van der Waals surface area contributed by atoms with Crippen molar-refractivity contribution in [1.29, 1.82) is 0 Å². The summed E-state index contributed by atoms with van der Waals surface area (Å²) in [5.74, 6) is 1.03. The number of hydrazine groups is 1. The van der Waals surface area contributed by atoms with Crippen LogP contribution in [0.5, 0.6) is 0 Å². The molecule has 2 unspecified atom stereocenters. The van der Waals surface area contributed by atoms with Crippen LogP contribution in [0.4, 0.5) is 4.39 Å². The fourth-order valence-corrected chi connectivity index (χ4v) is 4.35. The molecule has 4 heterocycles. The van der Waals surface area contributed by atoms with Gasteiger partial charge < -0.3 is 15.9 Å². The zero-order valence-electron chi connectivity index (χ0n) is 16.3. The Hall–Kier alpha value is -3.24. The number of halogens is 1. The van der Waals surface area contributed by atoms with Crippen LogP contribution in [0, 0.1) is 5.82 Å². The van der Waals surface area contributed by atoms with E-state index < -0.39 is 5.66 Å². The maximum atomic E-state index is 14.2. The van der Waals surface area contributed by atoms with E-state index in [9.17, 15) is 4.39 Å². The summed E-state index contributed by atoms with van der Waals surface area (Å²) in [5, 5.41) is 1.52. The SMILES string of the molecule is NC1=NC2=NC(CC3CCCN3Cc3ccccc3F)(c3ccco3)NN2C(N)=N1. The monoisotopic (exact) mass is 410 g/mol. The van der Waals surface area contributed by atoms with Crippen LogP contribution < -0.4 is 16.9 Å². The number of nitrogens with two attached hydrogens (primary N) is 2. The molecule has 9 nitrogen and oxygen atoms in total. The van der Waals surface area contributed by atoms with Crippen molar-refractivity contribution in [1.82, 2.24) is 15.3 Å². The van der Waals surface area contributed by atoms with Gasteiger partial charge in [-0.15, -0.1) is 0 Å². The van der Waals surface area contributed by atoms with Crippen LogP contribution in [0.2, 0.25) is 0 Å². The second-order valence-electron chi connectivity index (χ2n) is 7.70. The first-order chi connectivity index (χ1) is 14.5. The number of hydrogen-bond acceptors (Lipinski definition) is 9. The zero-order valence-corrected chi connectivity index (χ0v) is 16.3. The second-order valence-corrected chi connectivity index (χ2v) is 7.70. The zero-order chi connectivity index (χ0) is 20.7. The predicted molar refractivity (Wildman–Crippen MR) is 110 cm³/mol. The largest absolute Gasteiger partial charge is 0.465 e. The summed E-state index contributed by atoms with van der Waals surface area (Å²) in [5.41, 5.74) is 14.9. The van der Waals surface area contributed by atoms with Crippen molar-refractivity contribution in [2.75, 3.05) is 6.54 Å². The number of benzene rings is 1. The molecule has 0 spiro atoms. The molecule has 0 aliphatic carbocycles. The summed E-state index contributed by atoms with van der Waals surface area (Å²) in [6.45, 7) is 1.43. The number of fused-ring (bicyclic) bond motifs is 1. The number of guanidine groups is 3. The van der Waals surface area contributed by atoms with Crippen LogP contribution in [0.15, 0.2) is 62.1 Å². The number of hydrogen-bond donors (Lipinski definition) is 3. The highest BCUT2D eigenvalue weighted by Gasteiger charge is 2.48. The lowest BCUT2D eigenvalue weighted by Crippen LogP contribution is -2.55. The van der Waals surface area contributed by atoms with Gasteiger partial charge in [-0.05, 0) is 37.6 Å². The first-order valence-corrected chi connectivity index (χ1v) is 9.92. The van der Waals surface area contributed by atoms with Gasteiger partial charge in [-0.1, -0.05) is 18.2 Å². The third-order valence-electron chi connectivity index (χ3n) is 5.75. The molecule has 1 fully saturated rings. The van der Waals surface area contributed by atoms with Crippen molar-refractivity contribution in [3.05, 3.63) is 59.8 Å². The fourth-order valence-electron chi connectivity index (χ4n) is 4.35. The minimum absolute atomic E-state index is 0.0570. The van der Waals surface area contributed by atoms with Crippen molar-refractivity contribution in [3.8, 4) is 0 Å². The lowest BCUT2D eigenvalue weighted by molar-refractivity contribution is 0.146. The van der Waals surface area contributed by atoms with Crippen molar-refractivity contribution in [3.63, 3.8) is 0 Å². The highest BCUT2D eigenvalue weighted by Crippen LogP contribution is 2.38. The predicted octanol–water partition coefficient (Wildman–Crippen LogP) is 1.45. The van der Waals surface area contributed by atoms with Crippen molar-refractivity contribution < 1.29 is 8.81 Å². The van der Waals surface area contributed by atoms with Crippen LogP contribution in [-0.2, 0) is 12.2 Å². The van der Waals surface area contributed by atoms with E-state index in [1.807, 2.05) is 24.3 Å². The lowest BCUT2D eigenvalue weighted by Gasteiger charge is -2.33. The van der Waals surface area contributed by atoms with E-state index in [-0.39, 0.29) is 23.8 Å². The van der Waals surface area contributed by atoms with Crippen LogP contribution in [-0.4, -0.2) is 40.4 Å². The summed E-state index contributed by atoms with van der Waals surface area (Å²) in [6.07, 6.45) is 4.20. The Morgan fingerprint density at radius 3 is 2.87 bits per heavy atom.